The summed E-state index contributed by atoms with van der Waals surface area (Å²) in [6.07, 6.45) is 1.87. The first-order valence-corrected chi connectivity index (χ1v) is 10.0. The summed E-state index contributed by atoms with van der Waals surface area (Å²) in [5.74, 6) is 2.40. The van der Waals surface area contributed by atoms with E-state index in [1.807, 2.05) is 24.5 Å². The zero-order valence-corrected chi connectivity index (χ0v) is 16.6. The first-order chi connectivity index (χ1) is 14.6. The summed E-state index contributed by atoms with van der Waals surface area (Å²) in [6, 6.07) is 18.1. The molecule has 0 unspecified atom stereocenters. The Morgan fingerprint density at radius 1 is 1.10 bits per heavy atom. The van der Waals surface area contributed by atoms with Gasteiger partial charge in [-0.05, 0) is 48.7 Å². The van der Waals surface area contributed by atoms with Crippen molar-refractivity contribution in [1.29, 1.82) is 5.26 Å². The number of aromatic amines is 1. The van der Waals surface area contributed by atoms with Crippen LogP contribution in [0.5, 0.6) is 11.6 Å². The normalized spacial score (nSPS) is 10.4. The van der Waals surface area contributed by atoms with Crippen LogP contribution < -0.4 is 15.8 Å². The maximum atomic E-state index is 9.00. The molecule has 30 heavy (non-hydrogen) atoms. The second-order valence-corrected chi connectivity index (χ2v) is 6.86. The molecule has 9 nitrogen and oxygen atoms in total. The lowest BCUT2D eigenvalue weighted by atomic mass is 10.2. The fraction of sp³-hybridized carbons (Fsp3) is 0.0500. The van der Waals surface area contributed by atoms with Gasteiger partial charge in [-0.1, -0.05) is 17.8 Å². The molecule has 148 valence electrons. The molecule has 0 aliphatic heterocycles. The average Bonchev–Trinajstić information content (AvgIpc) is 3.22. The quantitative estimate of drug-likeness (QED) is 0.315. The van der Waals surface area contributed by atoms with Crippen molar-refractivity contribution < 1.29 is 4.74 Å². The molecule has 0 amide bonds. The second kappa shape index (κ2) is 8.50. The van der Waals surface area contributed by atoms with Gasteiger partial charge in [0, 0.05) is 17.3 Å². The van der Waals surface area contributed by atoms with Gasteiger partial charge in [-0.25, -0.2) is 4.98 Å². The summed E-state index contributed by atoms with van der Waals surface area (Å²) in [5, 5.41) is 20.9. The van der Waals surface area contributed by atoms with E-state index in [9.17, 15) is 0 Å². The van der Waals surface area contributed by atoms with E-state index in [4.69, 9.17) is 15.7 Å². The summed E-state index contributed by atoms with van der Waals surface area (Å²) in [7, 11) is 0. The number of nitrogens with two attached hydrogens (primary N) is 1. The van der Waals surface area contributed by atoms with Crippen LogP contribution in [0.15, 0.2) is 59.8 Å². The molecule has 2 aromatic carbocycles. The molecule has 0 fully saturated rings. The maximum Gasteiger partial charge on any atom is 0.226 e. The molecule has 2 heterocycles. The number of hydrogen-bond acceptors (Lipinski definition) is 9. The number of ether oxygens (including phenoxy) is 1. The standard InChI is InChI=1S/C20H16N8OS/c1-30-20-24-16(22)10-17(25-20)29-15-7-5-13(6-8-15)18-26-19(28-27-18)23-14-4-2-3-12(9-14)11-21/h2-10H,1H3,(H2,22,24,25)(H2,23,26,27,28). The smallest absolute Gasteiger partial charge is 0.226 e. The van der Waals surface area contributed by atoms with Crippen LogP contribution in [0.25, 0.3) is 11.4 Å². The number of hydrogen-bond donors (Lipinski definition) is 3. The average molecular weight is 416 g/mol. The highest BCUT2D eigenvalue weighted by atomic mass is 32.2. The van der Waals surface area contributed by atoms with Gasteiger partial charge in [0.2, 0.25) is 11.8 Å². The van der Waals surface area contributed by atoms with Gasteiger partial charge in [-0.15, -0.1) is 10.2 Å². The SMILES string of the molecule is CSc1nc(N)cc(Oc2ccc(-c3nnc(Nc4cccc(C#N)c4)[nH]3)cc2)n1. The fourth-order valence-electron chi connectivity index (χ4n) is 2.62. The number of aromatic nitrogens is 5. The Balaban J connectivity index is 1.47. The monoisotopic (exact) mass is 416 g/mol. The summed E-state index contributed by atoms with van der Waals surface area (Å²) < 4.78 is 5.77. The summed E-state index contributed by atoms with van der Waals surface area (Å²) in [5.41, 5.74) is 7.92. The summed E-state index contributed by atoms with van der Waals surface area (Å²) in [6.45, 7) is 0. The third kappa shape index (κ3) is 4.48. The van der Waals surface area contributed by atoms with Crippen molar-refractivity contribution in [3.63, 3.8) is 0 Å². The van der Waals surface area contributed by atoms with Crippen molar-refractivity contribution in [2.75, 3.05) is 17.3 Å². The first kappa shape index (κ1) is 19.2. The Morgan fingerprint density at radius 3 is 2.70 bits per heavy atom. The Hall–Kier alpha value is -4.10. The molecule has 0 radical (unpaired) electrons. The molecule has 4 aromatic rings. The zero-order valence-electron chi connectivity index (χ0n) is 15.8. The lowest BCUT2D eigenvalue weighted by Gasteiger charge is -2.07. The van der Waals surface area contributed by atoms with Gasteiger partial charge in [0.1, 0.15) is 11.6 Å². The number of nitrogens with one attached hydrogen (secondary N) is 2. The minimum absolute atomic E-state index is 0.350. The molecule has 0 aliphatic carbocycles. The Kier molecular flexibility index (Phi) is 5.45. The molecular formula is C20H16N8OS. The molecule has 0 atom stereocenters. The van der Waals surface area contributed by atoms with Crippen molar-refractivity contribution in [3.8, 4) is 29.1 Å². The Labute approximate surface area is 176 Å². The lowest BCUT2D eigenvalue weighted by Crippen LogP contribution is -1.97. The molecular weight excluding hydrogens is 400 g/mol. The van der Waals surface area contributed by atoms with Crippen molar-refractivity contribution in [2.45, 2.75) is 5.16 Å². The third-order valence-electron chi connectivity index (χ3n) is 3.98. The minimum atomic E-state index is 0.350. The van der Waals surface area contributed by atoms with Crippen LogP contribution in [0.3, 0.4) is 0 Å². The highest BCUT2D eigenvalue weighted by Gasteiger charge is 2.08. The summed E-state index contributed by atoms with van der Waals surface area (Å²) in [4.78, 5) is 11.5. The van der Waals surface area contributed by atoms with Crippen LogP contribution >= 0.6 is 11.8 Å². The van der Waals surface area contributed by atoms with Gasteiger partial charge in [0.25, 0.3) is 0 Å². The number of rotatable bonds is 6. The minimum Gasteiger partial charge on any atom is -0.439 e. The van der Waals surface area contributed by atoms with Gasteiger partial charge in [0.05, 0.1) is 11.6 Å². The van der Waals surface area contributed by atoms with Gasteiger partial charge in [-0.2, -0.15) is 10.2 Å². The molecule has 0 spiro atoms. The number of anilines is 3. The predicted molar refractivity (Wildman–Crippen MR) is 115 cm³/mol. The van der Waals surface area contributed by atoms with Gasteiger partial charge in [0.15, 0.2) is 11.0 Å². The third-order valence-corrected chi connectivity index (χ3v) is 4.52. The van der Waals surface area contributed by atoms with Crippen LogP contribution in [0.2, 0.25) is 0 Å². The van der Waals surface area contributed by atoms with Crippen LogP contribution in [0, 0.1) is 11.3 Å². The summed E-state index contributed by atoms with van der Waals surface area (Å²) >= 11 is 1.39. The lowest BCUT2D eigenvalue weighted by molar-refractivity contribution is 0.456. The van der Waals surface area contributed by atoms with Gasteiger partial charge < -0.3 is 20.8 Å². The first-order valence-electron chi connectivity index (χ1n) is 8.79. The molecule has 4 rings (SSSR count). The van der Waals surface area contributed by atoms with E-state index in [0.29, 0.717) is 39.9 Å². The topological polar surface area (TPSA) is 138 Å². The number of nitrogens with zero attached hydrogens (tertiary/aromatic N) is 5. The van der Waals surface area contributed by atoms with Gasteiger partial charge >= 0.3 is 0 Å². The van der Waals surface area contributed by atoms with E-state index in [1.54, 1.807) is 36.4 Å². The van der Waals surface area contributed by atoms with E-state index in [-0.39, 0.29) is 0 Å². The number of nitrogen functional groups attached to an aromatic ring is 1. The van der Waals surface area contributed by atoms with Crippen LogP contribution in [-0.4, -0.2) is 31.4 Å². The van der Waals surface area contributed by atoms with E-state index in [1.165, 1.54) is 11.8 Å². The molecule has 0 bridgehead atoms. The van der Waals surface area contributed by atoms with E-state index in [2.05, 4.69) is 36.5 Å². The van der Waals surface area contributed by atoms with Crippen LogP contribution in [-0.2, 0) is 0 Å². The van der Waals surface area contributed by atoms with Crippen molar-refractivity contribution in [1.82, 2.24) is 25.1 Å². The van der Waals surface area contributed by atoms with E-state index >= 15 is 0 Å². The predicted octanol–water partition coefficient (Wildman–Crippen LogP) is 3.97. The van der Waals surface area contributed by atoms with Crippen LogP contribution in [0.4, 0.5) is 17.5 Å². The second-order valence-electron chi connectivity index (χ2n) is 6.08. The van der Waals surface area contributed by atoms with Crippen molar-refractivity contribution in [3.05, 3.63) is 60.2 Å². The number of benzene rings is 2. The van der Waals surface area contributed by atoms with Crippen molar-refractivity contribution in [2.24, 2.45) is 0 Å². The molecule has 0 saturated heterocycles. The zero-order chi connectivity index (χ0) is 20.9. The molecule has 10 heteroatoms. The fourth-order valence-corrected chi connectivity index (χ4v) is 3.00. The van der Waals surface area contributed by atoms with Crippen molar-refractivity contribution >= 4 is 29.2 Å². The van der Waals surface area contributed by atoms with Crippen LogP contribution in [0.1, 0.15) is 5.56 Å². The molecule has 0 saturated carbocycles. The highest BCUT2D eigenvalue weighted by Crippen LogP contribution is 2.26. The molecule has 0 aliphatic rings. The maximum absolute atomic E-state index is 9.00. The van der Waals surface area contributed by atoms with E-state index < -0.39 is 0 Å². The van der Waals surface area contributed by atoms with Gasteiger partial charge in [-0.3, -0.25) is 0 Å². The molecule has 2 aromatic heterocycles. The molecule has 4 N–H and O–H groups in total. The van der Waals surface area contributed by atoms with E-state index in [0.717, 1.165) is 11.3 Å². The Morgan fingerprint density at radius 2 is 1.93 bits per heavy atom. The Bertz CT molecular complexity index is 1220. The number of H-pyrrole nitrogens is 1. The largest absolute Gasteiger partial charge is 0.439 e. The number of thioether (sulfide) groups is 1. The number of nitriles is 1. The highest BCUT2D eigenvalue weighted by molar-refractivity contribution is 7.98.